The number of hydrogen-bond donors (Lipinski definition) is 1. The van der Waals surface area contributed by atoms with Gasteiger partial charge < -0.3 is 10.2 Å². The third-order valence-corrected chi connectivity index (χ3v) is 7.57. The quantitative estimate of drug-likeness (QED) is 0.830. The number of nitrogens with one attached hydrogen (secondary N) is 1. The summed E-state index contributed by atoms with van der Waals surface area (Å²) in [4.78, 5) is 25.9. The van der Waals surface area contributed by atoms with Crippen LogP contribution in [0.25, 0.3) is 0 Å². The fraction of sp³-hybridized carbons (Fsp3) is 0.600. The Kier molecular flexibility index (Phi) is 6.40. The van der Waals surface area contributed by atoms with Crippen LogP contribution in [-0.2, 0) is 19.6 Å². The van der Waals surface area contributed by atoms with Gasteiger partial charge in [-0.3, -0.25) is 9.59 Å². The van der Waals surface area contributed by atoms with Gasteiger partial charge in [-0.25, -0.2) is 8.42 Å². The van der Waals surface area contributed by atoms with Gasteiger partial charge >= 0.3 is 0 Å². The average Bonchev–Trinajstić information content (AvgIpc) is 2.68. The van der Waals surface area contributed by atoms with Crippen molar-refractivity contribution in [1.29, 1.82) is 0 Å². The van der Waals surface area contributed by atoms with Gasteiger partial charge in [-0.05, 0) is 55.9 Å². The molecule has 7 nitrogen and oxygen atoms in total. The van der Waals surface area contributed by atoms with Gasteiger partial charge in [0.15, 0.2) is 0 Å². The standard InChI is InChI=1S/C20H29N3O4S/c1-15-4-3-11-23(14-15)28(26,27)19-7-5-18(6-8-19)21-20(25)17-9-12-22(13-10-17)16(2)24/h5-8,15,17H,3-4,9-14H2,1-2H3,(H,21,25)/t15-/m1/s1. The van der Waals surface area contributed by atoms with E-state index >= 15 is 0 Å². The van der Waals surface area contributed by atoms with Crippen molar-refractivity contribution >= 4 is 27.5 Å². The lowest BCUT2D eigenvalue weighted by molar-refractivity contribution is -0.132. The second-order valence-electron chi connectivity index (χ2n) is 7.90. The number of hydrogen-bond acceptors (Lipinski definition) is 4. The third-order valence-electron chi connectivity index (χ3n) is 5.69. The van der Waals surface area contributed by atoms with Crippen molar-refractivity contribution in [3.63, 3.8) is 0 Å². The first-order chi connectivity index (χ1) is 13.3. The van der Waals surface area contributed by atoms with Gasteiger partial charge in [-0.2, -0.15) is 4.31 Å². The van der Waals surface area contributed by atoms with Gasteiger partial charge in [0.25, 0.3) is 0 Å². The predicted octanol–water partition coefficient (Wildman–Crippen LogP) is 2.30. The van der Waals surface area contributed by atoms with Crippen LogP contribution in [0.3, 0.4) is 0 Å². The maximum atomic E-state index is 12.8. The summed E-state index contributed by atoms with van der Waals surface area (Å²) in [6.45, 7) is 5.92. The van der Waals surface area contributed by atoms with Crippen LogP contribution in [0.5, 0.6) is 0 Å². The summed E-state index contributed by atoms with van der Waals surface area (Å²) in [7, 11) is -3.49. The van der Waals surface area contributed by atoms with Crippen LogP contribution in [0, 0.1) is 11.8 Å². The van der Waals surface area contributed by atoms with Crippen molar-refractivity contribution in [2.24, 2.45) is 11.8 Å². The van der Waals surface area contributed by atoms with Crippen LogP contribution < -0.4 is 5.32 Å². The molecular formula is C20H29N3O4S. The highest BCUT2D eigenvalue weighted by Gasteiger charge is 2.29. The molecule has 0 unspecified atom stereocenters. The number of carbonyl (C=O) groups excluding carboxylic acids is 2. The molecule has 1 N–H and O–H groups in total. The van der Waals surface area contributed by atoms with E-state index in [1.54, 1.807) is 40.4 Å². The fourth-order valence-corrected chi connectivity index (χ4v) is 5.52. The summed E-state index contributed by atoms with van der Waals surface area (Å²) >= 11 is 0. The van der Waals surface area contributed by atoms with Crippen LogP contribution in [0.2, 0.25) is 0 Å². The monoisotopic (exact) mass is 407 g/mol. The largest absolute Gasteiger partial charge is 0.343 e. The van der Waals surface area contributed by atoms with Crippen molar-refractivity contribution < 1.29 is 18.0 Å². The molecule has 0 aliphatic carbocycles. The summed E-state index contributed by atoms with van der Waals surface area (Å²) < 4.78 is 27.2. The molecule has 0 bridgehead atoms. The van der Waals surface area contributed by atoms with Gasteiger partial charge in [0, 0.05) is 44.7 Å². The highest BCUT2D eigenvalue weighted by molar-refractivity contribution is 7.89. The number of amides is 2. The fourth-order valence-electron chi connectivity index (χ4n) is 3.92. The lowest BCUT2D eigenvalue weighted by Crippen LogP contribution is -2.40. The van der Waals surface area contributed by atoms with Crippen molar-refractivity contribution in [1.82, 2.24) is 9.21 Å². The third kappa shape index (κ3) is 4.72. The number of rotatable bonds is 4. The lowest BCUT2D eigenvalue weighted by atomic mass is 9.96. The molecule has 0 saturated carbocycles. The first-order valence-electron chi connectivity index (χ1n) is 9.94. The summed E-state index contributed by atoms with van der Waals surface area (Å²) in [5, 5.41) is 2.87. The Bertz CT molecular complexity index is 814. The van der Waals surface area contributed by atoms with Crippen molar-refractivity contribution in [3.05, 3.63) is 24.3 Å². The van der Waals surface area contributed by atoms with E-state index in [0.717, 1.165) is 12.8 Å². The molecule has 2 aliphatic rings. The van der Waals surface area contributed by atoms with Crippen LogP contribution in [-0.4, -0.2) is 55.6 Å². The zero-order valence-corrected chi connectivity index (χ0v) is 17.4. The summed E-state index contributed by atoms with van der Waals surface area (Å²) in [6.07, 6.45) is 3.23. The van der Waals surface area contributed by atoms with Gasteiger partial charge in [-0.1, -0.05) is 6.92 Å². The Labute approximate surface area is 167 Å². The predicted molar refractivity (Wildman–Crippen MR) is 107 cm³/mol. The normalized spacial score (nSPS) is 22.1. The van der Waals surface area contributed by atoms with E-state index in [-0.39, 0.29) is 22.6 Å². The number of sulfonamides is 1. The maximum absolute atomic E-state index is 12.8. The summed E-state index contributed by atoms with van der Waals surface area (Å²) in [5.41, 5.74) is 0.588. The Morgan fingerprint density at radius 1 is 1.04 bits per heavy atom. The van der Waals surface area contributed by atoms with Gasteiger partial charge in [0.2, 0.25) is 21.8 Å². The van der Waals surface area contributed by atoms with E-state index in [4.69, 9.17) is 0 Å². The van der Waals surface area contributed by atoms with Crippen molar-refractivity contribution in [2.75, 3.05) is 31.5 Å². The molecule has 28 heavy (non-hydrogen) atoms. The molecule has 2 saturated heterocycles. The topological polar surface area (TPSA) is 86.8 Å². The molecule has 2 heterocycles. The van der Waals surface area contributed by atoms with E-state index in [1.807, 2.05) is 0 Å². The van der Waals surface area contributed by atoms with Crippen LogP contribution >= 0.6 is 0 Å². The van der Waals surface area contributed by atoms with Crippen LogP contribution in [0.15, 0.2) is 29.2 Å². The first kappa shape index (κ1) is 20.8. The highest BCUT2D eigenvalue weighted by atomic mass is 32.2. The second kappa shape index (κ2) is 8.61. The molecule has 0 radical (unpaired) electrons. The Morgan fingerprint density at radius 2 is 1.68 bits per heavy atom. The number of carbonyl (C=O) groups is 2. The molecule has 154 valence electrons. The number of nitrogens with zero attached hydrogens (tertiary/aromatic N) is 2. The number of piperidine rings is 2. The van der Waals surface area contributed by atoms with E-state index in [2.05, 4.69) is 12.2 Å². The highest BCUT2D eigenvalue weighted by Crippen LogP contribution is 2.25. The SMILES string of the molecule is CC(=O)N1CCC(C(=O)Nc2ccc(S(=O)(=O)N3CCC[C@@H](C)C3)cc2)CC1. The minimum Gasteiger partial charge on any atom is -0.343 e. The minimum atomic E-state index is -3.49. The van der Waals surface area contributed by atoms with Gasteiger partial charge in [0.1, 0.15) is 0 Å². The van der Waals surface area contributed by atoms with Crippen LogP contribution in [0.1, 0.15) is 39.5 Å². The van der Waals surface area contributed by atoms with Crippen molar-refractivity contribution in [2.45, 2.75) is 44.4 Å². The molecule has 0 aromatic heterocycles. The van der Waals surface area contributed by atoms with Crippen LogP contribution in [0.4, 0.5) is 5.69 Å². The Morgan fingerprint density at radius 3 is 2.25 bits per heavy atom. The smallest absolute Gasteiger partial charge is 0.243 e. The van der Waals surface area contributed by atoms with E-state index in [1.165, 1.54) is 0 Å². The molecule has 2 fully saturated rings. The first-order valence-corrected chi connectivity index (χ1v) is 11.4. The number of likely N-dealkylation sites (tertiary alicyclic amines) is 1. The Hall–Kier alpha value is -1.93. The zero-order chi connectivity index (χ0) is 20.3. The molecule has 2 aliphatic heterocycles. The molecular weight excluding hydrogens is 378 g/mol. The van der Waals surface area contributed by atoms with E-state index in [9.17, 15) is 18.0 Å². The Balaban J connectivity index is 1.60. The molecule has 8 heteroatoms. The zero-order valence-electron chi connectivity index (χ0n) is 16.6. The molecule has 3 rings (SSSR count). The molecule has 1 aromatic carbocycles. The molecule has 2 amide bonds. The van der Waals surface area contributed by atoms with Gasteiger partial charge in [0.05, 0.1) is 4.90 Å². The average molecular weight is 408 g/mol. The number of anilines is 1. The maximum Gasteiger partial charge on any atom is 0.243 e. The molecule has 1 atom stereocenters. The van der Waals surface area contributed by atoms with Crippen molar-refractivity contribution in [3.8, 4) is 0 Å². The second-order valence-corrected chi connectivity index (χ2v) is 9.84. The summed E-state index contributed by atoms with van der Waals surface area (Å²) in [6, 6.07) is 6.40. The van der Waals surface area contributed by atoms with E-state index < -0.39 is 10.0 Å². The minimum absolute atomic E-state index is 0.0405. The van der Waals surface area contributed by atoms with E-state index in [0.29, 0.717) is 50.6 Å². The molecule has 0 spiro atoms. The van der Waals surface area contributed by atoms with Gasteiger partial charge in [-0.15, -0.1) is 0 Å². The lowest BCUT2D eigenvalue weighted by Gasteiger charge is -2.30. The molecule has 1 aromatic rings. The number of benzene rings is 1. The summed E-state index contributed by atoms with van der Waals surface area (Å²) in [5.74, 6) is 0.202.